The number of carbonyl (C=O) groups is 1. The number of carbonyl (C=O) groups excluding carboxylic acids is 1. The van der Waals surface area contributed by atoms with E-state index in [-0.39, 0.29) is 12.1 Å². The highest BCUT2D eigenvalue weighted by Crippen LogP contribution is 2.17. The minimum absolute atomic E-state index is 0.128. The van der Waals surface area contributed by atoms with Gasteiger partial charge in [0, 0.05) is 19.3 Å². The summed E-state index contributed by atoms with van der Waals surface area (Å²) in [5.41, 5.74) is 0.0318. The molecule has 0 N–H and O–H groups in total. The van der Waals surface area contributed by atoms with Gasteiger partial charge in [0.1, 0.15) is 5.60 Å². The predicted octanol–water partition coefficient (Wildman–Crippen LogP) is 3.04. The molecule has 2 heterocycles. The molecule has 1 aromatic heterocycles. The number of hydrogen-bond donors (Lipinski definition) is 0. The predicted molar refractivity (Wildman–Crippen MR) is 82.6 cm³/mol. The maximum absolute atomic E-state index is 13.0. The zero-order valence-corrected chi connectivity index (χ0v) is 13.3. The molecule has 0 radical (unpaired) electrons. The van der Waals surface area contributed by atoms with Gasteiger partial charge >= 0.3 is 6.09 Å². The summed E-state index contributed by atoms with van der Waals surface area (Å²) in [7, 11) is 0. The fourth-order valence-corrected chi connectivity index (χ4v) is 2.20. The highest BCUT2D eigenvalue weighted by Gasteiger charge is 2.26. The normalized spacial score (nSPS) is 17.0. The molecule has 0 unspecified atom stereocenters. The van der Waals surface area contributed by atoms with Gasteiger partial charge in [0.15, 0.2) is 0 Å². The lowest BCUT2D eigenvalue weighted by Crippen LogP contribution is -2.42. The number of aliphatic imine (C=N–C) groups is 1. The minimum atomic E-state index is -0.510. The SMILES string of the molecule is CC(C)(C)OC(=O)N1CCC(/N=C/c2cccc(F)n2)CC1. The van der Waals surface area contributed by atoms with E-state index in [0.29, 0.717) is 18.8 Å². The van der Waals surface area contributed by atoms with E-state index in [1.807, 2.05) is 20.8 Å². The number of ether oxygens (including phenoxy) is 1. The van der Waals surface area contributed by atoms with Gasteiger partial charge in [-0.3, -0.25) is 4.99 Å². The highest BCUT2D eigenvalue weighted by atomic mass is 19.1. The topological polar surface area (TPSA) is 54.8 Å². The molecule has 0 atom stereocenters. The quantitative estimate of drug-likeness (QED) is 0.623. The van der Waals surface area contributed by atoms with Crippen molar-refractivity contribution in [2.45, 2.75) is 45.3 Å². The highest BCUT2D eigenvalue weighted by molar-refractivity contribution is 5.76. The van der Waals surface area contributed by atoms with E-state index >= 15 is 0 Å². The molecule has 2 rings (SSSR count). The van der Waals surface area contributed by atoms with Gasteiger partial charge in [-0.2, -0.15) is 4.39 Å². The summed E-state index contributed by atoms with van der Waals surface area (Å²) in [6.45, 7) is 6.80. The van der Waals surface area contributed by atoms with Gasteiger partial charge in [-0.1, -0.05) is 6.07 Å². The van der Waals surface area contributed by atoms with Crippen LogP contribution in [-0.4, -0.2) is 46.9 Å². The van der Waals surface area contributed by atoms with Crippen molar-refractivity contribution >= 4 is 12.3 Å². The van der Waals surface area contributed by atoms with Crippen LogP contribution in [0.4, 0.5) is 9.18 Å². The first-order valence-electron chi connectivity index (χ1n) is 7.47. The summed E-state index contributed by atoms with van der Waals surface area (Å²) in [6, 6.07) is 4.75. The van der Waals surface area contributed by atoms with Gasteiger partial charge in [-0.05, 0) is 45.7 Å². The summed E-state index contributed by atoms with van der Waals surface area (Å²) >= 11 is 0. The molecule has 1 amide bonds. The van der Waals surface area contributed by atoms with E-state index in [1.165, 1.54) is 6.07 Å². The second-order valence-corrected chi connectivity index (χ2v) is 6.36. The number of amides is 1. The van der Waals surface area contributed by atoms with Crippen LogP contribution in [0, 0.1) is 5.95 Å². The molecule has 1 aliphatic heterocycles. The van der Waals surface area contributed by atoms with Crippen LogP contribution in [0.5, 0.6) is 0 Å². The van der Waals surface area contributed by atoms with Crippen LogP contribution < -0.4 is 0 Å². The second kappa shape index (κ2) is 6.85. The molecule has 1 aromatic rings. The Balaban J connectivity index is 1.83. The third-order valence-electron chi connectivity index (χ3n) is 3.27. The van der Waals surface area contributed by atoms with Gasteiger partial charge in [0.05, 0.1) is 11.7 Å². The smallest absolute Gasteiger partial charge is 0.410 e. The molecule has 1 aliphatic rings. The molecule has 22 heavy (non-hydrogen) atoms. The molecule has 0 aliphatic carbocycles. The molecule has 6 heteroatoms. The number of rotatable bonds is 2. The Morgan fingerprint density at radius 3 is 2.68 bits per heavy atom. The number of aromatic nitrogens is 1. The fourth-order valence-electron chi connectivity index (χ4n) is 2.20. The lowest BCUT2D eigenvalue weighted by molar-refractivity contribution is 0.0207. The van der Waals surface area contributed by atoms with E-state index in [1.54, 1.807) is 23.2 Å². The molecule has 0 bridgehead atoms. The van der Waals surface area contributed by atoms with E-state index < -0.39 is 11.5 Å². The second-order valence-electron chi connectivity index (χ2n) is 6.36. The number of halogens is 1. The average molecular weight is 307 g/mol. The fraction of sp³-hybridized carbons (Fsp3) is 0.562. The number of likely N-dealkylation sites (tertiary alicyclic amines) is 1. The largest absolute Gasteiger partial charge is 0.444 e. The summed E-state index contributed by atoms with van der Waals surface area (Å²) in [4.78, 5) is 21.8. The van der Waals surface area contributed by atoms with Crippen LogP contribution in [-0.2, 0) is 4.74 Å². The van der Waals surface area contributed by atoms with Crippen LogP contribution in [0.25, 0.3) is 0 Å². The Morgan fingerprint density at radius 1 is 1.41 bits per heavy atom. The number of hydrogen-bond acceptors (Lipinski definition) is 4. The molecule has 5 nitrogen and oxygen atoms in total. The summed E-state index contributed by atoms with van der Waals surface area (Å²) in [5, 5.41) is 0. The van der Waals surface area contributed by atoms with E-state index in [9.17, 15) is 9.18 Å². The molecule has 1 fully saturated rings. The van der Waals surface area contributed by atoms with Crippen molar-refractivity contribution in [3.63, 3.8) is 0 Å². The molecule has 0 aromatic carbocycles. The average Bonchev–Trinajstić information content (AvgIpc) is 2.44. The number of nitrogens with zero attached hydrogens (tertiary/aromatic N) is 3. The van der Waals surface area contributed by atoms with Crippen LogP contribution in [0.1, 0.15) is 39.3 Å². The van der Waals surface area contributed by atoms with E-state index in [2.05, 4.69) is 9.98 Å². The van der Waals surface area contributed by atoms with E-state index in [4.69, 9.17) is 4.74 Å². The lowest BCUT2D eigenvalue weighted by atomic mass is 10.1. The Morgan fingerprint density at radius 2 is 2.09 bits per heavy atom. The van der Waals surface area contributed by atoms with Crippen molar-refractivity contribution in [2.24, 2.45) is 4.99 Å². The van der Waals surface area contributed by atoms with Gasteiger partial charge in [0.2, 0.25) is 5.95 Å². The van der Waals surface area contributed by atoms with Crippen LogP contribution >= 0.6 is 0 Å². The van der Waals surface area contributed by atoms with Crippen molar-refractivity contribution < 1.29 is 13.9 Å². The monoisotopic (exact) mass is 307 g/mol. The van der Waals surface area contributed by atoms with Crippen LogP contribution in [0.2, 0.25) is 0 Å². The van der Waals surface area contributed by atoms with Crippen LogP contribution in [0.15, 0.2) is 23.2 Å². The first kappa shape index (κ1) is 16.4. The number of pyridine rings is 1. The summed E-state index contributed by atoms with van der Waals surface area (Å²) in [6.07, 6.45) is 2.86. The Labute approximate surface area is 130 Å². The molecular weight excluding hydrogens is 285 g/mol. The molecule has 120 valence electrons. The van der Waals surface area contributed by atoms with Crippen molar-refractivity contribution in [1.82, 2.24) is 9.88 Å². The zero-order chi connectivity index (χ0) is 16.2. The first-order chi connectivity index (χ1) is 10.3. The third-order valence-corrected chi connectivity index (χ3v) is 3.27. The Hall–Kier alpha value is -1.98. The Bertz CT molecular complexity index is 547. The maximum atomic E-state index is 13.0. The minimum Gasteiger partial charge on any atom is -0.444 e. The third kappa shape index (κ3) is 5.09. The van der Waals surface area contributed by atoms with Crippen molar-refractivity contribution in [3.05, 3.63) is 29.8 Å². The molecule has 0 saturated carbocycles. The van der Waals surface area contributed by atoms with Gasteiger partial charge in [-0.15, -0.1) is 0 Å². The Kier molecular flexibility index (Phi) is 5.11. The summed E-state index contributed by atoms with van der Waals surface area (Å²) in [5.74, 6) is -0.510. The first-order valence-corrected chi connectivity index (χ1v) is 7.47. The zero-order valence-electron chi connectivity index (χ0n) is 13.3. The van der Waals surface area contributed by atoms with Crippen molar-refractivity contribution in [2.75, 3.05) is 13.1 Å². The number of piperidine rings is 1. The van der Waals surface area contributed by atoms with Gasteiger partial charge < -0.3 is 9.64 Å². The van der Waals surface area contributed by atoms with Gasteiger partial charge in [-0.25, -0.2) is 9.78 Å². The maximum Gasteiger partial charge on any atom is 0.410 e. The molecule has 0 spiro atoms. The van der Waals surface area contributed by atoms with Gasteiger partial charge in [0.25, 0.3) is 0 Å². The standard InChI is InChI=1S/C16H22FN3O2/c1-16(2,3)22-15(21)20-9-7-12(8-10-20)18-11-13-5-4-6-14(17)19-13/h4-6,11-12H,7-10H2,1-3H3/b18-11+. The van der Waals surface area contributed by atoms with Crippen molar-refractivity contribution in [3.8, 4) is 0 Å². The van der Waals surface area contributed by atoms with Crippen molar-refractivity contribution in [1.29, 1.82) is 0 Å². The van der Waals surface area contributed by atoms with E-state index in [0.717, 1.165) is 12.8 Å². The molecular formula is C16H22FN3O2. The molecule has 1 saturated heterocycles. The van der Waals surface area contributed by atoms with Crippen LogP contribution in [0.3, 0.4) is 0 Å². The lowest BCUT2D eigenvalue weighted by Gasteiger charge is -2.32. The summed E-state index contributed by atoms with van der Waals surface area (Å²) < 4.78 is 18.3.